The van der Waals surface area contributed by atoms with Crippen LogP contribution < -0.4 is 0 Å². The lowest BCUT2D eigenvalue weighted by molar-refractivity contribution is -0.140. The van der Waals surface area contributed by atoms with Gasteiger partial charge in [0.1, 0.15) is 6.10 Å². The minimum Gasteiger partial charge on any atom is -0.384 e. The molecule has 5 rings (SSSR count). The third-order valence-electron chi connectivity index (χ3n) is 9.42. The zero-order chi connectivity index (χ0) is 29.0. The van der Waals surface area contributed by atoms with Crippen LogP contribution in [0.5, 0.6) is 0 Å². The van der Waals surface area contributed by atoms with Crippen LogP contribution in [0.15, 0.2) is 65.8 Å². The Kier molecular flexibility index (Phi) is 9.09. The fourth-order valence-electron chi connectivity index (χ4n) is 7.45. The predicted molar refractivity (Wildman–Crippen MR) is 167 cm³/mol. The minimum atomic E-state index is -0.667. The Bertz CT molecular complexity index is 1410. The summed E-state index contributed by atoms with van der Waals surface area (Å²) in [4.78, 5) is 16.9. The minimum absolute atomic E-state index is 0.135. The summed E-state index contributed by atoms with van der Waals surface area (Å²) in [6.07, 6.45) is 10.6. The normalized spacial score (nSPS) is 16.9. The standard InChI is InChI=1S/C37H45NO3/c1-5-21-37(22-6-2)33-23-28(35(38-41-26(4)39)20-15-27-12-8-9-13-27)16-18-31(33)32-19-17-29(24-34(32)37)36(40)30-14-10-7-11-25(30)3/h7,10-11,14,16-19,23-24,27,36,40H,5-6,8-9,12-13,15,20-22H2,1-4H3/b38-35-. The third kappa shape index (κ3) is 5.90. The van der Waals surface area contributed by atoms with E-state index in [1.807, 2.05) is 18.2 Å². The highest BCUT2D eigenvalue weighted by atomic mass is 16.7. The third-order valence-corrected chi connectivity index (χ3v) is 9.42. The maximum absolute atomic E-state index is 11.7. The molecule has 3 aromatic carbocycles. The lowest BCUT2D eigenvalue weighted by Crippen LogP contribution is -2.25. The highest BCUT2D eigenvalue weighted by molar-refractivity contribution is 6.01. The molecule has 0 radical (unpaired) electrons. The number of aliphatic hydroxyl groups excluding tert-OH is 1. The predicted octanol–water partition coefficient (Wildman–Crippen LogP) is 9.18. The summed E-state index contributed by atoms with van der Waals surface area (Å²) in [5.41, 5.74) is 9.96. The van der Waals surface area contributed by atoms with E-state index in [-0.39, 0.29) is 11.4 Å². The fourth-order valence-corrected chi connectivity index (χ4v) is 7.45. The number of oxime groups is 1. The van der Waals surface area contributed by atoms with Gasteiger partial charge in [-0.15, -0.1) is 0 Å². The molecule has 0 saturated heterocycles. The second-order valence-corrected chi connectivity index (χ2v) is 12.2. The van der Waals surface area contributed by atoms with Gasteiger partial charge >= 0.3 is 5.97 Å². The number of aryl methyl sites for hydroxylation is 1. The second-order valence-electron chi connectivity index (χ2n) is 12.2. The van der Waals surface area contributed by atoms with Gasteiger partial charge in [-0.1, -0.05) is 112 Å². The lowest BCUT2D eigenvalue weighted by atomic mass is 9.70. The van der Waals surface area contributed by atoms with E-state index in [1.54, 1.807) is 0 Å². The Hall–Kier alpha value is -3.24. The van der Waals surface area contributed by atoms with Crippen molar-refractivity contribution in [3.05, 3.63) is 94.0 Å². The van der Waals surface area contributed by atoms with Gasteiger partial charge in [0.25, 0.3) is 0 Å². The highest BCUT2D eigenvalue weighted by Crippen LogP contribution is 2.54. The van der Waals surface area contributed by atoms with Crippen LogP contribution in [-0.2, 0) is 15.0 Å². The molecular formula is C37H45NO3. The molecule has 1 saturated carbocycles. The first-order chi connectivity index (χ1) is 19.9. The average molecular weight is 552 g/mol. The number of hydrogen-bond donors (Lipinski definition) is 1. The molecule has 0 aromatic heterocycles. The van der Waals surface area contributed by atoms with Crippen LogP contribution in [-0.4, -0.2) is 16.8 Å². The first-order valence-corrected chi connectivity index (χ1v) is 15.7. The maximum atomic E-state index is 11.7. The summed E-state index contributed by atoms with van der Waals surface area (Å²) in [5, 5.41) is 15.8. The van der Waals surface area contributed by atoms with Crippen molar-refractivity contribution in [1.29, 1.82) is 0 Å². The van der Waals surface area contributed by atoms with E-state index >= 15 is 0 Å². The molecule has 0 bridgehead atoms. The van der Waals surface area contributed by atoms with Gasteiger partial charge in [0.05, 0.1) is 5.71 Å². The molecule has 0 spiro atoms. The molecule has 3 aromatic rings. The van der Waals surface area contributed by atoms with E-state index in [2.05, 4.69) is 68.4 Å². The Morgan fingerprint density at radius 3 is 2.29 bits per heavy atom. The van der Waals surface area contributed by atoms with Crippen LogP contribution in [0.2, 0.25) is 0 Å². The number of aliphatic hydroxyl groups is 1. The number of fused-ring (bicyclic) bond motifs is 3. The molecule has 4 heteroatoms. The van der Waals surface area contributed by atoms with Crippen molar-refractivity contribution in [2.45, 2.75) is 103 Å². The summed E-state index contributed by atoms with van der Waals surface area (Å²) >= 11 is 0. The topological polar surface area (TPSA) is 58.9 Å². The average Bonchev–Trinajstić information content (AvgIpc) is 3.58. The molecule has 1 unspecified atom stereocenters. The zero-order valence-electron chi connectivity index (χ0n) is 25.2. The number of benzene rings is 3. The monoisotopic (exact) mass is 551 g/mol. The molecular weight excluding hydrogens is 506 g/mol. The molecule has 1 atom stereocenters. The first kappa shape index (κ1) is 29.3. The lowest BCUT2D eigenvalue weighted by Gasteiger charge is -2.33. The van der Waals surface area contributed by atoms with Gasteiger partial charge in [0, 0.05) is 12.3 Å². The smallest absolute Gasteiger partial charge is 0.331 e. The van der Waals surface area contributed by atoms with Gasteiger partial charge in [0.2, 0.25) is 0 Å². The SMILES string of the molecule is CCCC1(CCC)c2cc(/C(CCC3CCCC3)=N\OC(C)=O)ccc2-c2ccc(C(O)c3ccccc3C)cc21. The Balaban J connectivity index is 1.58. The van der Waals surface area contributed by atoms with Gasteiger partial charge in [-0.05, 0) is 89.1 Å². The van der Waals surface area contributed by atoms with Crippen molar-refractivity contribution < 1.29 is 14.7 Å². The number of hydrogen-bond acceptors (Lipinski definition) is 4. The van der Waals surface area contributed by atoms with Crippen LogP contribution in [0.1, 0.15) is 124 Å². The summed E-state index contributed by atoms with van der Waals surface area (Å²) < 4.78 is 0. The molecule has 1 fully saturated rings. The summed E-state index contributed by atoms with van der Waals surface area (Å²) in [6.45, 7) is 8.00. The van der Waals surface area contributed by atoms with E-state index in [9.17, 15) is 9.90 Å². The molecule has 0 amide bonds. The van der Waals surface area contributed by atoms with Gasteiger partial charge < -0.3 is 9.94 Å². The summed E-state index contributed by atoms with van der Waals surface area (Å²) in [6, 6.07) is 21.4. The van der Waals surface area contributed by atoms with E-state index < -0.39 is 6.10 Å². The number of rotatable bonds is 11. The van der Waals surface area contributed by atoms with Crippen molar-refractivity contribution in [3.8, 4) is 11.1 Å². The van der Waals surface area contributed by atoms with Crippen LogP contribution in [0.4, 0.5) is 0 Å². The van der Waals surface area contributed by atoms with Gasteiger partial charge in [-0.2, -0.15) is 0 Å². The number of carbonyl (C=O) groups is 1. The van der Waals surface area contributed by atoms with E-state index in [1.165, 1.54) is 54.9 Å². The van der Waals surface area contributed by atoms with Gasteiger partial charge in [-0.3, -0.25) is 0 Å². The van der Waals surface area contributed by atoms with Crippen LogP contribution in [0.25, 0.3) is 11.1 Å². The Morgan fingerprint density at radius 2 is 1.63 bits per heavy atom. The van der Waals surface area contributed by atoms with Crippen molar-refractivity contribution in [3.63, 3.8) is 0 Å². The molecule has 41 heavy (non-hydrogen) atoms. The molecule has 0 heterocycles. The molecule has 2 aliphatic carbocycles. The fraction of sp³-hybridized carbons (Fsp3) is 0.459. The molecule has 0 aliphatic heterocycles. The summed E-state index contributed by atoms with van der Waals surface area (Å²) in [5.74, 6) is 0.344. The molecule has 2 aliphatic rings. The molecule has 4 nitrogen and oxygen atoms in total. The van der Waals surface area contributed by atoms with Gasteiger partial charge in [-0.25, -0.2) is 4.79 Å². The molecule has 216 valence electrons. The van der Waals surface area contributed by atoms with Crippen LogP contribution in [0, 0.1) is 12.8 Å². The Morgan fingerprint density at radius 1 is 0.976 bits per heavy atom. The van der Waals surface area contributed by atoms with E-state index in [0.717, 1.165) is 72.4 Å². The Labute approximate surface area is 245 Å². The first-order valence-electron chi connectivity index (χ1n) is 15.7. The van der Waals surface area contributed by atoms with Crippen molar-refractivity contribution >= 4 is 11.7 Å². The van der Waals surface area contributed by atoms with E-state index in [0.29, 0.717) is 0 Å². The number of nitrogens with zero attached hydrogens (tertiary/aromatic N) is 1. The maximum Gasteiger partial charge on any atom is 0.331 e. The zero-order valence-corrected chi connectivity index (χ0v) is 25.2. The van der Waals surface area contributed by atoms with Crippen molar-refractivity contribution in [2.75, 3.05) is 0 Å². The van der Waals surface area contributed by atoms with Gasteiger partial charge in [0.15, 0.2) is 0 Å². The van der Waals surface area contributed by atoms with E-state index in [4.69, 9.17) is 4.84 Å². The summed E-state index contributed by atoms with van der Waals surface area (Å²) in [7, 11) is 0. The molecule has 1 N–H and O–H groups in total. The van der Waals surface area contributed by atoms with Crippen LogP contribution >= 0.6 is 0 Å². The second kappa shape index (κ2) is 12.7. The van der Waals surface area contributed by atoms with Crippen molar-refractivity contribution in [1.82, 2.24) is 0 Å². The highest BCUT2D eigenvalue weighted by Gasteiger charge is 2.42. The quantitative estimate of drug-likeness (QED) is 0.147. The van der Waals surface area contributed by atoms with Crippen molar-refractivity contribution in [2.24, 2.45) is 11.1 Å². The number of carbonyl (C=O) groups excluding carboxylic acids is 1. The largest absolute Gasteiger partial charge is 0.384 e. The van der Waals surface area contributed by atoms with Crippen LogP contribution in [0.3, 0.4) is 0 Å².